The average molecular weight is 278 g/mol. The maximum Gasteiger partial charge on any atom is 0.129 e. The van der Waals surface area contributed by atoms with E-state index in [1.54, 1.807) is 14.2 Å². The van der Waals surface area contributed by atoms with E-state index in [4.69, 9.17) is 9.47 Å². The summed E-state index contributed by atoms with van der Waals surface area (Å²) in [6.45, 7) is 3.95. The lowest BCUT2D eigenvalue weighted by Crippen LogP contribution is -2.02. The van der Waals surface area contributed by atoms with Crippen LogP contribution in [0, 0.1) is 13.8 Å². The number of aliphatic hydroxyl groups excluding tert-OH is 1. The number of ether oxygens (including phenoxy) is 2. The standard InChI is InChI=1S/C15H18O3S/c1-9-6-13(18-4)10(2)5-12(9)15(16)14-7-11(17-3)8-19-14/h5-8,15-16H,1-4H3. The zero-order chi connectivity index (χ0) is 14.0. The molecule has 19 heavy (non-hydrogen) atoms. The van der Waals surface area contributed by atoms with Crippen molar-refractivity contribution in [3.63, 3.8) is 0 Å². The van der Waals surface area contributed by atoms with Crippen molar-refractivity contribution in [2.75, 3.05) is 14.2 Å². The maximum absolute atomic E-state index is 10.5. The second-order valence-corrected chi connectivity index (χ2v) is 5.41. The van der Waals surface area contributed by atoms with Crippen molar-refractivity contribution in [2.45, 2.75) is 20.0 Å². The molecule has 3 nitrogen and oxygen atoms in total. The lowest BCUT2D eigenvalue weighted by atomic mass is 9.99. The Hall–Kier alpha value is -1.52. The number of aliphatic hydroxyl groups is 1. The summed E-state index contributed by atoms with van der Waals surface area (Å²) >= 11 is 1.50. The van der Waals surface area contributed by atoms with Gasteiger partial charge in [-0.25, -0.2) is 0 Å². The number of aryl methyl sites for hydroxylation is 2. The average Bonchev–Trinajstić information content (AvgIpc) is 2.89. The smallest absolute Gasteiger partial charge is 0.129 e. The number of benzene rings is 1. The predicted molar refractivity (Wildman–Crippen MR) is 77.4 cm³/mol. The molecular formula is C15H18O3S. The first-order valence-electron chi connectivity index (χ1n) is 6.02. The Balaban J connectivity index is 2.38. The number of thiophene rings is 1. The zero-order valence-corrected chi connectivity index (χ0v) is 12.4. The van der Waals surface area contributed by atoms with Gasteiger partial charge < -0.3 is 14.6 Å². The van der Waals surface area contributed by atoms with Gasteiger partial charge in [0.05, 0.1) is 14.2 Å². The van der Waals surface area contributed by atoms with E-state index in [2.05, 4.69) is 0 Å². The quantitative estimate of drug-likeness (QED) is 0.930. The summed E-state index contributed by atoms with van der Waals surface area (Å²) in [4.78, 5) is 0.879. The van der Waals surface area contributed by atoms with Gasteiger partial charge in [0.2, 0.25) is 0 Å². The van der Waals surface area contributed by atoms with Crippen LogP contribution in [-0.2, 0) is 0 Å². The second-order valence-electron chi connectivity index (χ2n) is 4.47. The van der Waals surface area contributed by atoms with E-state index in [9.17, 15) is 5.11 Å². The van der Waals surface area contributed by atoms with Gasteiger partial charge >= 0.3 is 0 Å². The summed E-state index contributed by atoms with van der Waals surface area (Å²) in [7, 11) is 3.28. The van der Waals surface area contributed by atoms with Crippen LogP contribution < -0.4 is 9.47 Å². The summed E-state index contributed by atoms with van der Waals surface area (Å²) in [5.74, 6) is 1.62. The zero-order valence-electron chi connectivity index (χ0n) is 11.6. The molecule has 0 fully saturated rings. The molecule has 0 spiro atoms. The van der Waals surface area contributed by atoms with Crippen LogP contribution in [0.2, 0.25) is 0 Å². The Bertz CT molecular complexity index is 575. The second kappa shape index (κ2) is 5.63. The lowest BCUT2D eigenvalue weighted by Gasteiger charge is -2.15. The maximum atomic E-state index is 10.5. The Morgan fingerprint density at radius 3 is 2.37 bits per heavy atom. The van der Waals surface area contributed by atoms with Crippen LogP contribution >= 0.6 is 11.3 Å². The van der Waals surface area contributed by atoms with Gasteiger partial charge in [-0.15, -0.1) is 11.3 Å². The molecule has 102 valence electrons. The van der Waals surface area contributed by atoms with Gasteiger partial charge in [-0.05, 0) is 48.7 Å². The molecule has 0 saturated heterocycles. The fraction of sp³-hybridized carbons (Fsp3) is 0.333. The van der Waals surface area contributed by atoms with Crippen LogP contribution in [0.15, 0.2) is 23.6 Å². The van der Waals surface area contributed by atoms with E-state index in [1.165, 1.54) is 11.3 Å². The highest BCUT2D eigenvalue weighted by atomic mass is 32.1. The molecule has 1 N–H and O–H groups in total. The minimum Gasteiger partial charge on any atom is -0.496 e. The molecule has 0 radical (unpaired) electrons. The Labute approximate surface area is 117 Å². The van der Waals surface area contributed by atoms with Crippen LogP contribution in [0.3, 0.4) is 0 Å². The number of methoxy groups -OCH3 is 2. The van der Waals surface area contributed by atoms with Crippen LogP contribution in [0.4, 0.5) is 0 Å². The van der Waals surface area contributed by atoms with Crippen molar-refractivity contribution in [3.05, 3.63) is 45.1 Å². The lowest BCUT2D eigenvalue weighted by molar-refractivity contribution is 0.223. The third-order valence-corrected chi connectivity index (χ3v) is 4.14. The first kappa shape index (κ1) is 13.9. The Kier molecular flexibility index (Phi) is 4.12. The monoisotopic (exact) mass is 278 g/mol. The molecule has 0 bridgehead atoms. The number of hydrogen-bond acceptors (Lipinski definition) is 4. The topological polar surface area (TPSA) is 38.7 Å². The number of rotatable bonds is 4. The fourth-order valence-corrected chi connectivity index (χ4v) is 2.92. The van der Waals surface area contributed by atoms with Gasteiger partial charge in [-0.2, -0.15) is 0 Å². The minimum absolute atomic E-state index is 0.626. The third-order valence-electron chi connectivity index (χ3n) is 3.18. The molecule has 1 aromatic carbocycles. The van der Waals surface area contributed by atoms with Crippen molar-refractivity contribution in [3.8, 4) is 11.5 Å². The van der Waals surface area contributed by atoms with E-state index in [0.717, 1.165) is 33.1 Å². The van der Waals surface area contributed by atoms with Crippen LogP contribution in [0.5, 0.6) is 11.5 Å². The molecule has 2 aromatic rings. The van der Waals surface area contributed by atoms with Crippen molar-refractivity contribution in [1.82, 2.24) is 0 Å². The summed E-state index contributed by atoms with van der Waals surface area (Å²) in [6, 6.07) is 5.80. The minimum atomic E-state index is -0.626. The SMILES string of the molecule is COc1csc(C(O)c2cc(C)c(OC)cc2C)c1. The molecular weight excluding hydrogens is 260 g/mol. The summed E-state index contributed by atoms with van der Waals surface area (Å²) in [5, 5.41) is 12.4. The highest BCUT2D eigenvalue weighted by Crippen LogP contribution is 2.34. The molecule has 0 aliphatic rings. The molecule has 0 amide bonds. The van der Waals surface area contributed by atoms with Gasteiger partial charge in [0.1, 0.15) is 17.6 Å². The van der Waals surface area contributed by atoms with Crippen molar-refractivity contribution in [2.24, 2.45) is 0 Å². The summed E-state index contributed by atoms with van der Waals surface area (Å²) in [5.41, 5.74) is 2.94. The number of hydrogen-bond donors (Lipinski definition) is 1. The molecule has 4 heteroatoms. The predicted octanol–water partition coefficient (Wildman–Crippen LogP) is 3.46. The first-order chi connectivity index (χ1) is 9.06. The molecule has 0 aliphatic heterocycles. The molecule has 1 aromatic heterocycles. The van der Waals surface area contributed by atoms with E-state index in [0.29, 0.717) is 0 Å². The van der Waals surface area contributed by atoms with E-state index < -0.39 is 6.10 Å². The summed E-state index contributed by atoms with van der Waals surface area (Å²) < 4.78 is 10.4. The van der Waals surface area contributed by atoms with Gasteiger partial charge in [0, 0.05) is 10.3 Å². The largest absolute Gasteiger partial charge is 0.496 e. The van der Waals surface area contributed by atoms with Crippen LogP contribution in [-0.4, -0.2) is 19.3 Å². The van der Waals surface area contributed by atoms with Gasteiger partial charge in [-0.1, -0.05) is 0 Å². The normalized spacial score (nSPS) is 12.3. The van der Waals surface area contributed by atoms with Crippen molar-refractivity contribution in [1.29, 1.82) is 0 Å². The fourth-order valence-electron chi connectivity index (χ4n) is 2.06. The van der Waals surface area contributed by atoms with Crippen LogP contribution in [0.1, 0.15) is 27.7 Å². The van der Waals surface area contributed by atoms with Crippen molar-refractivity contribution >= 4 is 11.3 Å². The van der Waals surface area contributed by atoms with Gasteiger partial charge in [0.15, 0.2) is 0 Å². The van der Waals surface area contributed by atoms with E-state index >= 15 is 0 Å². The highest BCUT2D eigenvalue weighted by Gasteiger charge is 2.17. The molecule has 0 saturated carbocycles. The molecule has 1 unspecified atom stereocenters. The Morgan fingerprint density at radius 2 is 1.79 bits per heavy atom. The molecule has 2 rings (SSSR count). The third kappa shape index (κ3) is 2.74. The molecule has 0 aliphatic carbocycles. The molecule has 1 heterocycles. The van der Waals surface area contributed by atoms with E-state index in [-0.39, 0.29) is 0 Å². The van der Waals surface area contributed by atoms with Crippen LogP contribution in [0.25, 0.3) is 0 Å². The van der Waals surface area contributed by atoms with E-state index in [1.807, 2.05) is 37.4 Å². The summed E-state index contributed by atoms with van der Waals surface area (Å²) in [6.07, 6.45) is -0.626. The Morgan fingerprint density at radius 1 is 1.05 bits per heavy atom. The first-order valence-corrected chi connectivity index (χ1v) is 6.90. The van der Waals surface area contributed by atoms with Gasteiger partial charge in [0.25, 0.3) is 0 Å². The van der Waals surface area contributed by atoms with Gasteiger partial charge in [-0.3, -0.25) is 0 Å². The molecule has 1 atom stereocenters. The van der Waals surface area contributed by atoms with Crippen molar-refractivity contribution < 1.29 is 14.6 Å². The highest BCUT2D eigenvalue weighted by molar-refractivity contribution is 7.10.